The van der Waals surface area contributed by atoms with E-state index in [0.29, 0.717) is 117 Å². The van der Waals surface area contributed by atoms with Gasteiger partial charge in [0.2, 0.25) is 6.41 Å². The van der Waals surface area contributed by atoms with Crippen LogP contribution in [0.1, 0.15) is 41.6 Å². The summed E-state index contributed by atoms with van der Waals surface area (Å²) in [5.74, 6) is 0.710. The topological polar surface area (TPSA) is 150 Å². The van der Waals surface area contributed by atoms with E-state index in [1.807, 2.05) is 30.6 Å². The van der Waals surface area contributed by atoms with Crippen molar-refractivity contribution in [1.82, 2.24) is 10.3 Å². The summed E-state index contributed by atoms with van der Waals surface area (Å²) in [7, 11) is 0. The molecule has 0 saturated carbocycles. The predicted molar refractivity (Wildman–Crippen MR) is 192 cm³/mol. The van der Waals surface area contributed by atoms with Gasteiger partial charge < -0.3 is 49.0 Å². The largest absolute Gasteiger partial charge is 0.491 e. The molecule has 276 valence electrons. The van der Waals surface area contributed by atoms with E-state index in [9.17, 15) is 9.59 Å². The van der Waals surface area contributed by atoms with Gasteiger partial charge in [0.05, 0.1) is 88.8 Å². The van der Waals surface area contributed by atoms with E-state index >= 15 is 0 Å². The molecule has 3 rings (SSSR count). The van der Waals surface area contributed by atoms with Crippen LogP contribution in [0.2, 0.25) is 0 Å². The molecule has 12 nitrogen and oxygen atoms in total. The molecule has 3 aromatic rings. The number of nitrogens with two attached hydrogens (primary N) is 1. The van der Waals surface area contributed by atoms with E-state index in [0.717, 1.165) is 46.4 Å². The zero-order valence-electron chi connectivity index (χ0n) is 29.2. The van der Waals surface area contributed by atoms with Crippen LogP contribution in [0, 0.1) is 6.92 Å². The van der Waals surface area contributed by atoms with Crippen molar-refractivity contribution in [2.75, 3.05) is 79.3 Å². The molecule has 0 aliphatic heterocycles. The van der Waals surface area contributed by atoms with Crippen LogP contribution >= 0.6 is 11.3 Å². The minimum atomic E-state index is -0.105. The predicted octanol–water partition coefficient (Wildman–Crippen LogP) is 4.28. The standard InChI is InChI=1S/C37H53N3O9S/c1-30-37(50-29-40-30)33-10-11-34(25-39-28-42)36(24-33)49-23-22-47-21-20-46-19-18-45-17-16-44-15-14-43-13-3-4-31-6-8-32(9-7-31)26-48-27-35(38)5-2-12-41/h6-12,24,28-29,35H,2-5,13-23,25-27,38H2,1H3,(H,39,42)/t35-/m0/s1. The fourth-order valence-electron chi connectivity index (χ4n) is 4.77. The Kier molecular flexibility index (Phi) is 21.8. The molecule has 0 unspecified atom stereocenters. The lowest BCUT2D eigenvalue weighted by Gasteiger charge is -2.13. The average molecular weight is 716 g/mol. The van der Waals surface area contributed by atoms with E-state index < -0.39 is 0 Å². The van der Waals surface area contributed by atoms with Gasteiger partial charge in [0.25, 0.3) is 0 Å². The Morgan fingerprint density at radius 2 is 1.42 bits per heavy atom. The van der Waals surface area contributed by atoms with Gasteiger partial charge in [0, 0.05) is 31.2 Å². The Hall–Kier alpha value is -3.27. The maximum atomic E-state index is 10.8. The third kappa shape index (κ3) is 17.6. The quantitative estimate of drug-likeness (QED) is 0.0726. The third-order valence-electron chi connectivity index (χ3n) is 7.46. The van der Waals surface area contributed by atoms with Crippen molar-refractivity contribution in [3.63, 3.8) is 0 Å². The SMILES string of the molecule is Cc1ncsc1-c1ccc(CNC=O)c(OCCOCCOCCOCCOCCOCCCc2ccc(COC[C@@H](N)CCC=O)cc2)c1. The number of aldehydes is 1. The summed E-state index contributed by atoms with van der Waals surface area (Å²) in [6, 6.07) is 14.2. The fourth-order valence-corrected chi connectivity index (χ4v) is 5.58. The van der Waals surface area contributed by atoms with Gasteiger partial charge in [-0.2, -0.15) is 0 Å². The minimum absolute atomic E-state index is 0.105. The van der Waals surface area contributed by atoms with Crippen molar-refractivity contribution >= 4 is 24.0 Å². The second-order valence-electron chi connectivity index (χ2n) is 11.4. The number of hydrogen-bond acceptors (Lipinski definition) is 12. The Balaban J connectivity index is 1.08. The van der Waals surface area contributed by atoms with Crippen LogP contribution in [0.15, 0.2) is 48.0 Å². The zero-order chi connectivity index (χ0) is 35.5. The first kappa shape index (κ1) is 41.2. The molecule has 0 spiro atoms. The average Bonchev–Trinajstić information content (AvgIpc) is 3.57. The molecule has 1 atom stereocenters. The first-order valence-corrected chi connectivity index (χ1v) is 18.0. The fraction of sp³-hybridized carbons (Fsp3) is 0.541. The molecule has 0 bridgehead atoms. The number of amides is 1. The lowest BCUT2D eigenvalue weighted by Crippen LogP contribution is -2.26. The highest BCUT2D eigenvalue weighted by molar-refractivity contribution is 7.13. The number of aromatic nitrogens is 1. The van der Waals surface area contributed by atoms with Crippen LogP contribution in [-0.4, -0.2) is 103 Å². The number of nitrogens with one attached hydrogen (secondary N) is 1. The highest BCUT2D eigenvalue weighted by atomic mass is 32.1. The Morgan fingerprint density at radius 3 is 2.02 bits per heavy atom. The molecule has 0 radical (unpaired) electrons. The van der Waals surface area contributed by atoms with Crippen LogP contribution in [0.25, 0.3) is 10.4 Å². The molecule has 0 aliphatic rings. The summed E-state index contributed by atoms with van der Waals surface area (Å²) in [6.07, 6.45) is 4.57. The van der Waals surface area contributed by atoms with Crippen LogP contribution in [0.4, 0.5) is 0 Å². The Bertz CT molecular complexity index is 1330. The first-order chi connectivity index (χ1) is 24.6. The summed E-state index contributed by atoms with van der Waals surface area (Å²) in [5, 5.41) is 2.69. The van der Waals surface area contributed by atoms with Gasteiger partial charge in [-0.05, 0) is 48.9 Å². The molecule has 1 amide bonds. The number of nitrogens with zero attached hydrogens (tertiary/aromatic N) is 1. The lowest BCUT2D eigenvalue weighted by atomic mass is 10.1. The molecule has 0 fully saturated rings. The summed E-state index contributed by atoms with van der Waals surface area (Å²) in [6.45, 7) is 8.78. The number of carbonyl (C=O) groups is 2. The van der Waals surface area contributed by atoms with Gasteiger partial charge in [0.1, 0.15) is 18.6 Å². The summed E-state index contributed by atoms with van der Waals surface area (Å²) in [5.41, 5.74) is 13.0. The molecule has 3 N–H and O–H groups in total. The summed E-state index contributed by atoms with van der Waals surface area (Å²) < 4.78 is 39.6. The number of benzene rings is 2. The number of thiazole rings is 1. The Morgan fingerprint density at radius 1 is 0.800 bits per heavy atom. The van der Waals surface area contributed by atoms with Crippen molar-refractivity contribution in [3.05, 3.63) is 70.4 Å². The van der Waals surface area contributed by atoms with Crippen LogP contribution in [0.3, 0.4) is 0 Å². The molecular formula is C37H53N3O9S. The molecule has 0 saturated heterocycles. The molecule has 2 aromatic carbocycles. The van der Waals surface area contributed by atoms with Crippen molar-refractivity contribution in [2.45, 2.75) is 51.8 Å². The smallest absolute Gasteiger partial charge is 0.207 e. The van der Waals surface area contributed by atoms with Crippen molar-refractivity contribution in [3.8, 4) is 16.2 Å². The summed E-state index contributed by atoms with van der Waals surface area (Å²) in [4.78, 5) is 26.6. The highest BCUT2D eigenvalue weighted by Gasteiger charge is 2.10. The van der Waals surface area contributed by atoms with Gasteiger partial charge in [0.15, 0.2) is 0 Å². The third-order valence-corrected chi connectivity index (χ3v) is 8.43. The van der Waals surface area contributed by atoms with Crippen molar-refractivity contribution in [2.24, 2.45) is 5.73 Å². The number of carbonyl (C=O) groups excluding carboxylic acids is 2. The second-order valence-corrected chi connectivity index (χ2v) is 12.3. The van der Waals surface area contributed by atoms with Gasteiger partial charge in [-0.3, -0.25) is 4.79 Å². The molecule has 0 aliphatic carbocycles. The van der Waals surface area contributed by atoms with Crippen LogP contribution < -0.4 is 15.8 Å². The normalized spacial score (nSPS) is 11.8. The maximum Gasteiger partial charge on any atom is 0.207 e. The second kappa shape index (κ2) is 26.5. The number of aryl methyl sites for hydroxylation is 2. The van der Waals surface area contributed by atoms with E-state index in [4.69, 9.17) is 38.9 Å². The monoisotopic (exact) mass is 715 g/mol. The number of ether oxygens (including phenoxy) is 7. The van der Waals surface area contributed by atoms with Gasteiger partial charge in [-0.1, -0.05) is 36.4 Å². The van der Waals surface area contributed by atoms with Crippen LogP contribution in [0.5, 0.6) is 5.75 Å². The van der Waals surface area contributed by atoms with Gasteiger partial charge in [-0.15, -0.1) is 11.3 Å². The minimum Gasteiger partial charge on any atom is -0.491 e. The van der Waals surface area contributed by atoms with Gasteiger partial charge >= 0.3 is 0 Å². The Labute approximate surface area is 299 Å². The number of rotatable bonds is 31. The van der Waals surface area contributed by atoms with E-state index in [1.54, 1.807) is 11.3 Å². The number of hydrogen-bond donors (Lipinski definition) is 2. The molecule has 13 heteroatoms. The lowest BCUT2D eigenvalue weighted by molar-refractivity contribution is -0.110. The first-order valence-electron chi connectivity index (χ1n) is 17.2. The molecule has 1 aromatic heterocycles. The maximum absolute atomic E-state index is 10.8. The molecule has 1 heterocycles. The summed E-state index contributed by atoms with van der Waals surface area (Å²) >= 11 is 1.58. The van der Waals surface area contributed by atoms with Crippen molar-refractivity contribution in [1.29, 1.82) is 0 Å². The van der Waals surface area contributed by atoms with E-state index in [2.05, 4.69) is 34.6 Å². The molecule has 50 heavy (non-hydrogen) atoms. The van der Waals surface area contributed by atoms with Gasteiger partial charge in [-0.25, -0.2) is 4.98 Å². The zero-order valence-corrected chi connectivity index (χ0v) is 30.0. The van der Waals surface area contributed by atoms with E-state index in [-0.39, 0.29) is 6.04 Å². The van der Waals surface area contributed by atoms with Crippen molar-refractivity contribution < 1.29 is 42.7 Å². The van der Waals surface area contributed by atoms with Crippen LogP contribution in [-0.2, 0) is 57.6 Å². The van der Waals surface area contributed by atoms with E-state index in [1.165, 1.54) is 5.56 Å². The highest BCUT2D eigenvalue weighted by Crippen LogP contribution is 2.32. The molecular weight excluding hydrogens is 662 g/mol.